The van der Waals surface area contributed by atoms with Crippen molar-refractivity contribution in [2.45, 2.75) is 45.4 Å². The molecule has 1 saturated heterocycles. The Balaban J connectivity index is 1.25. The molecule has 0 radical (unpaired) electrons. The molecule has 2 aromatic rings. The number of piperazine rings is 1. The van der Waals surface area contributed by atoms with E-state index in [9.17, 15) is 9.59 Å². The number of esters is 1. The number of carbonyl (C=O) groups is 2. The lowest BCUT2D eigenvalue weighted by Gasteiger charge is -2.35. The number of rotatable bonds is 6. The van der Waals surface area contributed by atoms with E-state index in [0.29, 0.717) is 10.6 Å². The summed E-state index contributed by atoms with van der Waals surface area (Å²) in [5.74, 6) is -0.726. The summed E-state index contributed by atoms with van der Waals surface area (Å²) in [5, 5.41) is 2.82. The van der Waals surface area contributed by atoms with E-state index < -0.39 is 5.97 Å². The van der Waals surface area contributed by atoms with Crippen LogP contribution in [0.2, 0.25) is 0 Å². The molecule has 1 N–H and O–H groups in total. The maximum atomic E-state index is 12.5. The number of fused-ring (bicyclic) bond motifs is 1. The zero-order valence-corrected chi connectivity index (χ0v) is 19.7. The van der Waals surface area contributed by atoms with Gasteiger partial charge in [0.1, 0.15) is 4.88 Å². The van der Waals surface area contributed by atoms with Crippen molar-refractivity contribution in [3.05, 3.63) is 45.6 Å². The van der Waals surface area contributed by atoms with Crippen LogP contribution < -0.4 is 10.2 Å². The van der Waals surface area contributed by atoms with Gasteiger partial charge >= 0.3 is 5.97 Å². The van der Waals surface area contributed by atoms with E-state index in [1.165, 1.54) is 53.1 Å². The predicted octanol–water partition coefficient (Wildman–Crippen LogP) is 4.34. The van der Waals surface area contributed by atoms with Crippen LogP contribution >= 0.6 is 11.3 Å². The van der Waals surface area contributed by atoms with Gasteiger partial charge in [0.05, 0.1) is 0 Å². The maximum absolute atomic E-state index is 12.5. The lowest BCUT2D eigenvalue weighted by atomic mass is 10.00. The van der Waals surface area contributed by atoms with Gasteiger partial charge in [0, 0.05) is 42.4 Å². The molecule has 2 heterocycles. The number of thiophene rings is 1. The van der Waals surface area contributed by atoms with Crippen molar-refractivity contribution in [1.29, 1.82) is 0 Å². The summed E-state index contributed by atoms with van der Waals surface area (Å²) in [4.78, 5) is 31.5. The Labute approximate surface area is 194 Å². The molecule has 0 spiro atoms. The first-order chi connectivity index (χ1) is 15.6. The van der Waals surface area contributed by atoms with Crippen molar-refractivity contribution in [1.82, 2.24) is 4.90 Å². The first-order valence-electron chi connectivity index (χ1n) is 11.8. The average molecular weight is 456 g/mol. The monoisotopic (exact) mass is 455 g/mol. The van der Waals surface area contributed by atoms with Crippen molar-refractivity contribution in [2.75, 3.05) is 49.5 Å². The predicted molar refractivity (Wildman–Crippen MR) is 130 cm³/mol. The van der Waals surface area contributed by atoms with Crippen LogP contribution in [0.1, 0.15) is 52.7 Å². The second-order valence-electron chi connectivity index (χ2n) is 8.57. The van der Waals surface area contributed by atoms with E-state index in [1.807, 2.05) is 30.3 Å². The van der Waals surface area contributed by atoms with Crippen LogP contribution in [0.15, 0.2) is 30.3 Å². The molecular formula is C25H33N3O3S. The number of anilines is 2. The van der Waals surface area contributed by atoms with Crippen LogP contribution in [0.3, 0.4) is 0 Å². The molecule has 32 heavy (non-hydrogen) atoms. The van der Waals surface area contributed by atoms with Gasteiger partial charge in [-0.2, -0.15) is 0 Å². The molecule has 0 unspecified atom stereocenters. The SMILES string of the molecule is CCN1CCN(c2ccc(NC(=O)COC(=O)c3cc4c(s3)CCCCCC4)cc2)CC1. The van der Waals surface area contributed by atoms with Crippen molar-refractivity contribution in [2.24, 2.45) is 0 Å². The van der Waals surface area contributed by atoms with Gasteiger partial charge in [-0.15, -0.1) is 11.3 Å². The minimum atomic E-state index is -0.404. The molecule has 0 saturated carbocycles. The van der Waals surface area contributed by atoms with Gasteiger partial charge in [-0.1, -0.05) is 19.8 Å². The second-order valence-corrected chi connectivity index (χ2v) is 9.70. The molecule has 172 valence electrons. The van der Waals surface area contributed by atoms with Crippen molar-refractivity contribution < 1.29 is 14.3 Å². The van der Waals surface area contributed by atoms with E-state index in [0.717, 1.165) is 45.6 Å². The molecule has 4 rings (SSSR count). The molecule has 1 aliphatic carbocycles. The fraction of sp³-hybridized carbons (Fsp3) is 0.520. The molecule has 1 aromatic heterocycles. The van der Waals surface area contributed by atoms with Gasteiger partial charge in [-0.3, -0.25) is 4.79 Å². The zero-order valence-electron chi connectivity index (χ0n) is 18.9. The molecule has 1 amide bonds. The molecule has 2 aliphatic rings. The van der Waals surface area contributed by atoms with Gasteiger partial charge < -0.3 is 19.9 Å². The first kappa shape index (κ1) is 22.8. The van der Waals surface area contributed by atoms with E-state index in [-0.39, 0.29) is 12.5 Å². The first-order valence-corrected chi connectivity index (χ1v) is 12.6. The molecular weight excluding hydrogens is 422 g/mol. The molecule has 6 nitrogen and oxygen atoms in total. The highest BCUT2D eigenvalue weighted by Crippen LogP contribution is 2.29. The Hall–Kier alpha value is -2.38. The normalized spacial score (nSPS) is 17.2. The van der Waals surface area contributed by atoms with Gasteiger partial charge in [0.25, 0.3) is 5.91 Å². The van der Waals surface area contributed by atoms with Crippen LogP contribution in [0.4, 0.5) is 11.4 Å². The van der Waals surface area contributed by atoms with E-state index in [2.05, 4.69) is 22.0 Å². The largest absolute Gasteiger partial charge is 0.451 e. The topological polar surface area (TPSA) is 61.9 Å². The maximum Gasteiger partial charge on any atom is 0.348 e. The average Bonchev–Trinajstić information content (AvgIpc) is 3.20. The number of nitrogens with zero attached hydrogens (tertiary/aromatic N) is 2. The van der Waals surface area contributed by atoms with E-state index in [1.54, 1.807) is 0 Å². The second kappa shape index (κ2) is 11.0. The van der Waals surface area contributed by atoms with E-state index >= 15 is 0 Å². The summed E-state index contributed by atoms with van der Waals surface area (Å²) in [5.41, 5.74) is 3.15. The Morgan fingerprint density at radius 1 is 1.00 bits per heavy atom. The molecule has 7 heteroatoms. The number of nitrogens with one attached hydrogen (secondary N) is 1. The van der Waals surface area contributed by atoms with E-state index in [4.69, 9.17) is 4.74 Å². The van der Waals surface area contributed by atoms with Crippen molar-refractivity contribution in [3.8, 4) is 0 Å². The third-order valence-electron chi connectivity index (χ3n) is 6.37. The number of hydrogen-bond acceptors (Lipinski definition) is 6. The smallest absolute Gasteiger partial charge is 0.348 e. The van der Waals surface area contributed by atoms with Crippen LogP contribution in [0.25, 0.3) is 0 Å². The quantitative estimate of drug-likeness (QED) is 0.657. The minimum Gasteiger partial charge on any atom is -0.451 e. The summed E-state index contributed by atoms with van der Waals surface area (Å²) < 4.78 is 5.29. The summed E-state index contributed by atoms with van der Waals surface area (Å²) in [6.07, 6.45) is 6.94. The standard InChI is InChI=1S/C25H33N3O3S/c1-2-27-13-15-28(16-14-27)21-11-9-20(10-12-21)26-24(29)18-31-25(30)23-17-19-7-5-3-4-6-8-22(19)32-23/h9-12,17H,2-8,13-16,18H2,1H3,(H,26,29). The van der Waals surface area contributed by atoms with Crippen LogP contribution in [-0.2, 0) is 22.4 Å². The number of aryl methyl sites for hydroxylation is 2. The third kappa shape index (κ3) is 5.90. The van der Waals surface area contributed by atoms with Gasteiger partial charge in [-0.25, -0.2) is 4.79 Å². The lowest BCUT2D eigenvalue weighted by molar-refractivity contribution is -0.119. The van der Waals surface area contributed by atoms with Crippen LogP contribution in [0.5, 0.6) is 0 Å². The molecule has 1 aromatic carbocycles. The Morgan fingerprint density at radius 2 is 1.72 bits per heavy atom. The lowest BCUT2D eigenvalue weighted by Crippen LogP contribution is -2.46. The van der Waals surface area contributed by atoms with Crippen LogP contribution in [-0.4, -0.2) is 56.1 Å². The molecule has 1 fully saturated rings. The highest BCUT2D eigenvalue weighted by molar-refractivity contribution is 7.14. The number of benzene rings is 1. The van der Waals surface area contributed by atoms with Crippen molar-refractivity contribution in [3.63, 3.8) is 0 Å². The number of likely N-dealkylation sites (N-methyl/N-ethyl adjacent to an activating group) is 1. The van der Waals surface area contributed by atoms with Gasteiger partial charge in [0.2, 0.25) is 0 Å². The fourth-order valence-corrected chi connectivity index (χ4v) is 5.57. The summed E-state index contributed by atoms with van der Waals surface area (Å²) in [6.45, 7) is 7.20. The number of amides is 1. The Morgan fingerprint density at radius 3 is 2.44 bits per heavy atom. The Bertz CT molecular complexity index is 892. The number of hydrogen-bond donors (Lipinski definition) is 1. The fourth-order valence-electron chi connectivity index (χ4n) is 4.42. The van der Waals surface area contributed by atoms with Crippen LogP contribution in [0, 0.1) is 0 Å². The van der Waals surface area contributed by atoms with Gasteiger partial charge in [0.15, 0.2) is 6.61 Å². The van der Waals surface area contributed by atoms with Crippen molar-refractivity contribution >= 4 is 34.6 Å². The zero-order chi connectivity index (χ0) is 22.3. The third-order valence-corrected chi connectivity index (χ3v) is 7.58. The summed E-state index contributed by atoms with van der Waals surface area (Å²) in [6, 6.07) is 9.83. The number of carbonyl (C=O) groups excluding carboxylic acids is 2. The minimum absolute atomic E-state index is 0.276. The Kier molecular flexibility index (Phi) is 7.81. The summed E-state index contributed by atoms with van der Waals surface area (Å²) in [7, 11) is 0. The van der Waals surface area contributed by atoms with Gasteiger partial charge in [-0.05, 0) is 68.1 Å². The summed E-state index contributed by atoms with van der Waals surface area (Å²) >= 11 is 1.52. The number of ether oxygens (including phenoxy) is 1. The highest BCUT2D eigenvalue weighted by Gasteiger charge is 2.18. The molecule has 0 atom stereocenters. The molecule has 0 bridgehead atoms. The highest BCUT2D eigenvalue weighted by atomic mass is 32.1. The molecule has 1 aliphatic heterocycles.